The van der Waals surface area contributed by atoms with Gasteiger partial charge in [0.15, 0.2) is 11.6 Å². The Labute approximate surface area is 80.6 Å². The molecule has 0 aromatic carbocycles. The van der Waals surface area contributed by atoms with E-state index in [4.69, 9.17) is 16.7 Å². The lowest BCUT2D eigenvalue weighted by Gasteiger charge is -2.07. The normalized spacial score (nSPS) is 12.6. The fraction of sp³-hybridized carbons (Fsp3) is 0.375. The smallest absolute Gasteiger partial charge is 0.166 e. The Balaban J connectivity index is 2.67. The Morgan fingerprint density at radius 2 is 2.46 bits per heavy atom. The first-order chi connectivity index (χ1) is 6.09. The third-order valence-electron chi connectivity index (χ3n) is 1.37. The van der Waals surface area contributed by atoms with Crippen molar-refractivity contribution in [2.45, 2.75) is 13.0 Å². The van der Waals surface area contributed by atoms with Crippen LogP contribution in [0.2, 0.25) is 5.02 Å². The van der Waals surface area contributed by atoms with E-state index in [2.05, 4.69) is 10.3 Å². The number of halogens is 2. The van der Waals surface area contributed by atoms with Crippen molar-refractivity contribution in [3.8, 4) is 0 Å². The summed E-state index contributed by atoms with van der Waals surface area (Å²) >= 11 is 5.50. The van der Waals surface area contributed by atoms with Crippen LogP contribution in [-0.2, 0) is 0 Å². The summed E-state index contributed by atoms with van der Waals surface area (Å²) in [6, 6.07) is 1.17. The zero-order chi connectivity index (χ0) is 9.84. The highest BCUT2D eigenvalue weighted by Crippen LogP contribution is 2.15. The topological polar surface area (TPSA) is 45.1 Å². The van der Waals surface area contributed by atoms with Crippen molar-refractivity contribution in [2.75, 3.05) is 11.9 Å². The van der Waals surface area contributed by atoms with E-state index in [0.717, 1.165) is 0 Å². The molecule has 72 valence electrons. The molecule has 1 heterocycles. The molecule has 0 radical (unpaired) electrons. The molecule has 0 aliphatic heterocycles. The predicted molar refractivity (Wildman–Crippen MR) is 49.4 cm³/mol. The molecule has 0 aliphatic rings. The highest BCUT2D eigenvalue weighted by molar-refractivity contribution is 6.30. The van der Waals surface area contributed by atoms with Crippen LogP contribution in [0.15, 0.2) is 12.3 Å². The van der Waals surface area contributed by atoms with E-state index in [0.29, 0.717) is 0 Å². The third-order valence-corrected chi connectivity index (χ3v) is 1.58. The molecule has 0 amide bonds. The molecule has 1 atom stereocenters. The highest BCUT2D eigenvalue weighted by atomic mass is 35.5. The van der Waals surface area contributed by atoms with Gasteiger partial charge in [-0.05, 0) is 13.0 Å². The molecule has 0 bridgehead atoms. The molecular weight excluding hydrogens is 195 g/mol. The summed E-state index contributed by atoms with van der Waals surface area (Å²) in [5.41, 5.74) is 0. The van der Waals surface area contributed by atoms with Gasteiger partial charge in [-0.2, -0.15) is 0 Å². The first-order valence-electron chi connectivity index (χ1n) is 3.82. The van der Waals surface area contributed by atoms with Crippen molar-refractivity contribution in [3.05, 3.63) is 23.1 Å². The molecule has 0 spiro atoms. The molecule has 0 fully saturated rings. The second-order valence-electron chi connectivity index (χ2n) is 2.71. The van der Waals surface area contributed by atoms with E-state index < -0.39 is 11.9 Å². The Kier molecular flexibility index (Phi) is 3.45. The minimum atomic E-state index is -0.545. The lowest BCUT2D eigenvalue weighted by atomic mass is 10.4. The average molecular weight is 205 g/mol. The molecule has 0 aliphatic carbocycles. The van der Waals surface area contributed by atoms with Gasteiger partial charge in [0.25, 0.3) is 0 Å². The SMILES string of the molecule is C[C@H](O)CNc1ncc(Cl)cc1F. The number of hydrogen-bond acceptors (Lipinski definition) is 3. The van der Waals surface area contributed by atoms with Gasteiger partial charge < -0.3 is 10.4 Å². The number of nitrogens with one attached hydrogen (secondary N) is 1. The van der Waals surface area contributed by atoms with E-state index in [1.54, 1.807) is 6.92 Å². The quantitative estimate of drug-likeness (QED) is 0.787. The van der Waals surface area contributed by atoms with Crippen LogP contribution >= 0.6 is 11.6 Å². The minimum absolute atomic E-state index is 0.102. The molecule has 1 aromatic heterocycles. The summed E-state index contributed by atoms with van der Waals surface area (Å²) < 4.78 is 13.0. The van der Waals surface area contributed by atoms with E-state index >= 15 is 0 Å². The summed E-state index contributed by atoms with van der Waals surface area (Å²) in [4.78, 5) is 3.72. The fourth-order valence-electron chi connectivity index (χ4n) is 0.789. The Morgan fingerprint density at radius 3 is 3.00 bits per heavy atom. The zero-order valence-corrected chi connectivity index (χ0v) is 7.85. The van der Waals surface area contributed by atoms with Gasteiger partial charge >= 0.3 is 0 Å². The van der Waals surface area contributed by atoms with Gasteiger partial charge in [0.2, 0.25) is 0 Å². The molecule has 1 rings (SSSR count). The van der Waals surface area contributed by atoms with Crippen molar-refractivity contribution in [1.29, 1.82) is 0 Å². The molecule has 0 saturated heterocycles. The maximum atomic E-state index is 13.0. The number of nitrogens with zero attached hydrogens (tertiary/aromatic N) is 1. The number of aliphatic hydroxyl groups excluding tert-OH is 1. The molecule has 0 saturated carbocycles. The van der Waals surface area contributed by atoms with E-state index in [1.807, 2.05) is 0 Å². The van der Waals surface area contributed by atoms with E-state index in [9.17, 15) is 4.39 Å². The second-order valence-corrected chi connectivity index (χ2v) is 3.15. The zero-order valence-electron chi connectivity index (χ0n) is 7.09. The molecular formula is C8H10ClFN2O. The Morgan fingerprint density at radius 1 is 1.77 bits per heavy atom. The third kappa shape index (κ3) is 3.16. The Hall–Kier alpha value is -0.870. The summed E-state index contributed by atoms with van der Waals surface area (Å²) in [7, 11) is 0. The van der Waals surface area contributed by atoms with Crippen molar-refractivity contribution in [1.82, 2.24) is 4.98 Å². The van der Waals surface area contributed by atoms with Gasteiger partial charge in [-0.15, -0.1) is 0 Å². The van der Waals surface area contributed by atoms with Gasteiger partial charge in [0.05, 0.1) is 11.1 Å². The number of rotatable bonds is 3. The second kappa shape index (κ2) is 4.39. The maximum absolute atomic E-state index is 13.0. The molecule has 13 heavy (non-hydrogen) atoms. The van der Waals surface area contributed by atoms with Crippen molar-refractivity contribution in [3.63, 3.8) is 0 Å². The van der Waals surface area contributed by atoms with Crippen molar-refractivity contribution < 1.29 is 9.50 Å². The highest BCUT2D eigenvalue weighted by Gasteiger charge is 2.04. The molecule has 2 N–H and O–H groups in total. The van der Waals surface area contributed by atoms with Gasteiger partial charge in [0, 0.05) is 12.7 Å². The first kappa shape index (κ1) is 10.2. The molecule has 0 unspecified atom stereocenters. The van der Waals surface area contributed by atoms with Crippen LogP contribution < -0.4 is 5.32 Å². The van der Waals surface area contributed by atoms with Crippen LogP contribution in [0.25, 0.3) is 0 Å². The first-order valence-corrected chi connectivity index (χ1v) is 4.20. The molecule has 3 nitrogen and oxygen atoms in total. The summed E-state index contributed by atoms with van der Waals surface area (Å²) in [5, 5.41) is 11.8. The van der Waals surface area contributed by atoms with Crippen LogP contribution in [0.3, 0.4) is 0 Å². The number of pyridine rings is 1. The van der Waals surface area contributed by atoms with E-state index in [-0.39, 0.29) is 17.4 Å². The predicted octanol–water partition coefficient (Wildman–Crippen LogP) is 1.67. The van der Waals surface area contributed by atoms with Gasteiger partial charge in [-0.3, -0.25) is 0 Å². The average Bonchev–Trinajstić information content (AvgIpc) is 2.02. The number of hydrogen-bond donors (Lipinski definition) is 2. The van der Waals surface area contributed by atoms with Crippen LogP contribution in [0.4, 0.5) is 10.2 Å². The monoisotopic (exact) mass is 204 g/mol. The summed E-state index contributed by atoms with van der Waals surface area (Å²) in [6.45, 7) is 1.85. The standard InChI is InChI=1S/C8H10ClFN2O/c1-5(13)3-11-8-7(10)2-6(9)4-12-8/h2,4-5,13H,3H2,1H3,(H,11,12)/t5-/m0/s1. The largest absolute Gasteiger partial charge is 0.392 e. The van der Waals surface area contributed by atoms with Crippen molar-refractivity contribution in [2.24, 2.45) is 0 Å². The summed E-state index contributed by atoms with van der Waals surface area (Å²) in [5.74, 6) is -0.418. The van der Waals surface area contributed by atoms with Crippen LogP contribution in [-0.4, -0.2) is 22.7 Å². The van der Waals surface area contributed by atoms with Crippen LogP contribution in [0, 0.1) is 5.82 Å². The Bertz CT molecular complexity index is 293. The van der Waals surface area contributed by atoms with Gasteiger partial charge in [0.1, 0.15) is 0 Å². The van der Waals surface area contributed by atoms with Crippen LogP contribution in [0.5, 0.6) is 0 Å². The number of aliphatic hydroxyl groups is 1. The van der Waals surface area contributed by atoms with Crippen molar-refractivity contribution >= 4 is 17.4 Å². The van der Waals surface area contributed by atoms with E-state index in [1.165, 1.54) is 12.3 Å². The number of aromatic nitrogens is 1. The summed E-state index contributed by atoms with van der Waals surface area (Å²) in [6.07, 6.45) is 0.798. The lowest BCUT2D eigenvalue weighted by Crippen LogP contribution is -2.16. The van der Waals surface area contributed by atoms with Gasteiger partial charge in [-0.25, -0.2) is 9.37 Å². The van der Waals surface area contributed by atoms with Crippen LogP contribution in [0.1, 0.15) is 6.92 Å². The molecule has 1 aromatic rings. The van der Waals surface area contributed by atoms with Gasteiger partial charge in [-0.1, -0.05) is 11.6 Å². The molecule has 5 heteroatoms. The minimum Gasteiger partial charge on any atom is -0.392 e. The lowest BCUT2D eigenvalue weighted by molar-refractivity contribution is 0.208. The maximum Gasteiger partial charge on any atom is 0.166 e. The number of anilines is 1. The fourth-order valence-corrected chi connectivity index (χ4v) is 0.934.